The van der Waals surface area contributed by atoms with Gasteiger partial charge in [-0.3, -0.25) is 9.59 Å². The first-order chi connectivity index (χ1) is 13.8. The van der Waals surface area contributed by atoms with E-state index in [9.17, 15) is 14.4 Å². The van der Waals surface area contributed by atoms with Crippen molar-refractivity contribution in [3.63, 3.8) is 0 Å². The molecule has 0 fully saturated rings. The summed E-state index contributed by atoms with van der Waals surface area (Å²) < 4.78 is 12.0. The molecule has 0 atom stereocenters. The molecule has 1 amide bonds. The summed E-state index contributed by atoms with van der Waals surface area (Å²) in [5.74, 6) is -1.19. The molecule has 0 saturated carbocycles. The number of amides is 1. The quantitative estimate of drug-likeness (QED) is 0.549. The van der Waals surface area contributed by atoms with Crippen LogP contribution in [0.3, 0.4) is 0 Å². The molecular weight excluding hydrogens is 376 g/mol. The van der Waals surface area contributed by atoms with Gasteiger partial charge in [0.1, 0.15) is 11.4 Å². The van der Waals surface area contributed by atoms with Crippen molar-refractivity contribution in [2.45, 2.75) is 26.8 Å². The van der Waals surface area contributed by atoms with Crippen LogP contribution >= 0.6 is 0 Å². The van der Waals surface area contributed by atoms with Gasteiger partial charge in [0.2, 0.25) is 0 Å². The maximum absolute atomic E-state index is 12.5. The molecule has 1 aliphatic heterocycles. The zero-order valence-corrected chi connectivity index (χ0v) is 16.4. The van der Waals surface area contributed by atoms with Gasteiger partial charge in [0, 0.05) is 23.5 Å². The van der Waals surface area contributed by atoms with E-state index in [2.05, 4.69) is 5.32 Å². The number of rotatable bonds is 7. The monoisotopic (exact) mass is 398 g/mol. The summed E-state index contributed by atoms with van der Waals surface area (Å²) in [4.78, 5) is 36.1. The van der Waals surface area contributed by atoms with E-state index in [1.165, 1.54) is 0 Å². The van der Waals surface area contributed by atoms with Crippen LogP contribution in [0.1, 0.15) is 40.7 Å². The first-order valence-electron chi connectivity index (χ1n) is 9.16. The number of esters is 1. The smallest absolute Gasteiger partial charge is 0.355 e. The van der Waals surface area contributed by atoms with E-state index in [-0.39, 0.29) is 31.2 Å². The van der Waals surface area contributed by atoms with E-state index in [1.54, 1.807) is 55.9 Å². The van der Waals surface area contributed by atoms with Crippen LogP contribution < -0.4 is 10.1 Å². The van der Waals surface area contributed by atoms with E-state index in [0.29, 0.717) is 33.8 Å². The van der Waals surface area contributed by atoms with Gasteiger partial charge in [-0.2, -0.15) is 0 Å². The van der Waals surface area contributed by atoms with Gasteiger partial charge >= 0.3 is 11.9 Å². The number of benzene rings is 1. The van der Waals surface area contributed by atoms with Crippen molar-refractivity contribution < 1.29 is 29.0 Å². The number of carboxylic acids is 1. The summed E-state index contributed by atoms with van der Waals surface area (Å²) in [6, 6.07) is 7.00. The first kappa shape index (κ1) is 20.2. The van der Waals surface area contributed by atoms with Crippen LogP contribution in [-0.2, 0) is 20.9 Å². The van der Waals surface area contributed by atoms with Crippen LogP contribution in [0.4, 0.5) is 5.69 Å². The highest BCUT2D eigenvalue weighted by Crippen LogP contribution is 2.36. The molecule has 8 heteroatoms. The molecule has 0 spiro atoms. The van der Waals surface area contributed by atoms with Crippen molar-refractivity contribution in [1.82, 2.24) is 4.57 Å². The third kappa shape index (κ3) is 4.01. The summed E-state index contributed by atoms with van der Waals surface area (Å²) >= 11 is 0. The number of nitrogens with one attached hydrogen (secondary N) is 1. The summed E-state index contributed by atoms with van der Waals surface area (Å²) in [6.07, 6.45) is 1.48. The van der Waals surface area contributed by atoms with Crippen LogP contribution in [-0.4, -0.2) is 41.2 Å². The van der Waals surface area contributed by atoms with Crippen LogP contribution in [0.25, 0.3) is 11.6 Å². The fourth-order valence-electron chi connectivity index (χ4n) is 3.33. The van der Waals surface area contributed by atoms with Gasteiger partial charge in [-0.05, 0) is 49.8 Å². The third-order valence-corrected chi connectivity index (χ3v) is 4.64. The van der Waals surface area contributed by atoms with Gasteiger partial charge in [-0.1, -0.05) is 0 Å². The fourth-order valence-corrected chi connectivity index (χ4v) is 3.33. The number of hydrogen-bond donors (Lipinski definition) is 2. The van der Waals surface area contributed by atoms with Crippen LogP contribution in [0, 0.1) is 6.92 Å². The summed E-state index contributed by atoms with van der Waals surface area (Å²) in [6.45, 7) is 3.72. The lowest BCUT2D eigenvalue weighted by molar-refractivity contribution is -0.137. The molecule has 2 heterocycles. The number of aryl methyl sites for hydroxylation is 1. The lowest BCUT2D eigenvalue weighted by Crippen LogP contribution is -2.16. The SMILES string of the molecule is CCOC(=O)c1c(C)cc(C=C2C(=O)Nc3ccc(OC)cc32)n1CCC(=O)O. The minimum absolute atomic E-state index is 0.0724. The second kappa shape index (κ2) is 8.22. The zero-order chi connectivity index (χ0) is 21.1. The van der Waals surface area contributed by atoms with Crippen LogP contribution in [0.5, 0.6) is 5.75 Å². The topological polar surface area (TPSA) is 107 Å². The van der Waals surface area contributed by atoms with Crippen molar-refractivity contribution in [2.75, 3.05) is 19.0 Å². The molecule has 0 saturated heterocycles. The second-order valence-electron chi connectivity index (χ2n) is 6.54. The largest absolute Gasteiger partial charge is 0.497 e. The van der Waals surface area contributed by atoms with E-state index >= 15 is 0 Å². The maximum atomic E-state index is 12.5. The number of carbonyl (C=O) groups is 3. The number of aromatic nitrogens is 1. The normalized spacial score (nSPS) is 13.9. The van der Waals surface area contributed by atoms with Gasteiger partial charge in [-0.15, -0.1) is 0 Å². The number of ether oxygens (including phenoxy) is 2. The minimum Gasteiger partial charge on any atom is -0.497 e. The highest BCUT2D eigenvalue weighted by atomic mass is 16.5. The number of anilines is 1. The van der Waals surface area contributed by atoms with E-state index in [1.807, 2.05) is 0 Å². The molecule has 152 valence electrons. The number of hydrogen-bond acceptors (Lipinski definition) is 5. The molecule has 1 aliphatic rings. The molecule has 0 unspecified atom stereocenters. The number of carbonyl (C=O) groups excluding carboxylic acids is 2. The number of methoxy groups -OCH3 is 1. The first-order valence-corrected chi connectivity index (χ1v) is 9.16. The third-order valence-electron chi connectivity index (χ3n) is 4.64. The molecule has 0 aliphatic carbocycles. The highest BCUT2D eigenvalue weighted by Gasteiger charge is 2.26. The van der Waals surface area contributed by atoms with Crippen molar-refractivity contribution in [3.8, 4) is 5.75 Å². The Hall–Kier alpha value is -3.55. The Morgan fingerprint density at radius 1 is 1.28 bits per heavy atom. The Labute approximate surface area is 167 Å². The Bertz CT molecular complexity index is 1020. The average molecular weight is 398 g/mol. The molecule has 0 radical (unpaired) electrons. The summed E-state index contributed by atoms with van der Waals surface area (Å²) in [5.41, 5.74) is 3.22. The predicted octanol–water partition coefficient (Wildman–Crippen LogP) is 2.95. The summed E-state index contributed by atoms with van der Waals surface area (Å²) in [7, 11) is 1.54. The van der Waals surface area contributed by atoms with Crippen molar-refractivity contribution in [2.24, 2.45) is 0 Å². The van der Waals surface area contributed by atoms with Crippen molar-refractivity contribution in [3.05, 3.63) is 46.8 Å². The number of aliphatic carboxylic acids is 1. The number of carboxylic acid groups (broad SMARTS) is 1. The molecule has 0 bridgehead atoms. The highest BCUT2D eigenvalue weighted by molar-refractivity contribution is 6.35. The Morgan fingerprint density at radius 2 is 2.03 bits per heavy atom. The standard InChI is InChI=1S/C21H22N2O6/c1-4-29-21(27)19-12(2)9-13(23(19)8-7-18(24)25)10-16-15-11-14(28-3)5-6-17(15)22-20(16)26/h5-6,9-11H,4,7-8H2,1-3H3,(H,22,26)(H,24,25). The van der Waals surface area contributed by atoms with E-state index < -0.39 is 11.9 Å². The molecule has 29 heavy (non-hydrogen) atoms. The van der Waals surface area contributed by atoms with Crippen LogP contribution in [0.15, 0.2) is 24.3 Å². The zero-order valence-electron chi connectivity index (χ0n) is 16.4. The van der Waals surface area contributed by atoms with Gasteiger partial charge in [0.15, 0.2) is 0 Å². The van der Waals surface area contributed by atoms with Gasteiger partial charge in [0.25, 0.3) is 5.91 Å². The molecule has 1 aromatic carbocycles. The molecule has 2 aromatic rings. The predicted molar refractivity (Wildman–Crippen MR) is 107 cm³/mol. The van der Waals surface area contributed by atoms with Crippen molar-refractivity contribution >= 4 is 35.2 Å². The maximum Gasteiger partial charge on any atom is 0.355 e. The Balaban J connectivity index is 2.11. The van der Waals surface area contributed by atoms with Gasteiger partial charge in [0.05, 0.1) is 25.7 Å². The molecule has 3 rings (SSSR count). The second-order valence-corrected chi connectivity index (χ2v) is 6.54. The fraction of sp³-hybridized carbons (Fsp3) is 0.286. The van der Waals surface area contributed by atoms with Crippen molar-refractivity contribution in [1.29, 1.82) is 0 Å². The lowest BCUT2D eigenvalue weighted by atomic mass is 10.1. The molecule has 2 N–H and O–H groups in total. The Morgan fingerprint density at radius 3 is 2.69 bits per heavy atom. The minimum atomic E-state index is -0.988. The number of fused-ring (bicyclic) bond motifs is 1. The molecule has 1 aromatic heterocycles. The molecule has 8 nitrogen and oxygen atoms in total. The summed E-state index contributed by atoms with van der Waals surface area (Å²) in [5, 5.41) is 11.9. The van der Waals surface area contributed by atoms with Gasteiger partial charge < -0.3 is 24.5 Å². The average Bonchev–Trinajstić information content (AvgIpc) is 3.16. The van der Waals surface area contributed by atoms with E-state index in [4.69, 9.17) is 14.6 Å². The molecular formula is C21H22N2O6. The van der Waals surface area contributed by atoms with Gasteiger partial charge in [-0.25, -0.2) is 4.79 Å². The lowest BCUT2D eigenvalue weighted by Gasteiger charge is -2.11. The van der Waals surface area contributed by atoms with Crippen LogP contribution in [0.2, 0.25) is 0 Å². The number of nitrogens with zero attached hydrogens (tertiary/aromatic N) is 1. The Kier molecular flexibility index (Phi) is 5.72. The van der Waals surface area contributed by atoms with E-state index in [0.717, 1.165) is 0 Å².